The number of anilines is 2. The number of nitrogens with zero attached hydrogens (tertiary/aromatic N) is 1. The maximum atomic E-state index is 11.4. The number of carbonyl (C=O) groups excluding carboxylic acids is 1. The molecular weight excluding hydrogens is 272 g/mol. The molecule has 0 saturated heterocycles. The molecule has 1 heterocycles. The highest BCUT2D eigenvalue weighted by molar-refractivity contribution is 5.80. The molecule has 0 bridgehead atoms. The molecule has 2 aromatic carbocycles. The van der Waals surface area contributed by atoms with Gasteiger partial charge in [-0.25, -0.2) is 0 Å². The van der Waals surface area contributed by atoms with Gasteiger partial charge in [-0.15, -0.1) is 0 Å². The highest BCUT2D eigenvalue weighted by Gasteiger charge is 2.29. The molecule has 0 radical (unpaired) electrons. The quantitative estimate of drug-likeness (QED) is 0.860. The number of nitrogens with one attached hydrogen (secondary N) is 1. The van der Waals surface area contributed by atoms with E-state index in [1.54, 1.807) is 0 Å². The number of hydrogen-bond donors (Lipinski definition) is 1. The fourth-order valence-electron chi connectivity index (χ4n) is 3.16. The zero-order chi connectivity index (χ0) is 15.7. The predicted molar refractivity (Wildman–Crippen MR) is 91.3 cm³/mol. The first-order valence-electron chi connectivity index (χ1n) is 7.76. The van der Waals surface area contributed by atoms with Crippen LogP contribution < -0.4 is 10.2 Å². The molecule has 22 heavy (non-hydrogen) atoms. The Balaban J connectivity index is 1.96. The monoisotopic (exact) mass is 294 g/mol. The van der Waals surface area contributed by atoms with E-state index >= 15 is 0 Å². The van der Waals surface area contributed by atoms with Gasteiger partial charge in [0.2, 0.25) is 6.41 Å². The third-order valence-electron chi connectivity index (χ3n) is 4.39. The molecule has 2 aromatic rings. The summed E-state index contributed by atoms with van der Waals surface area (Å²) >= 11 is 0. The van der Waals surface area contributed by atoms with Crippen molar-refractivity contribution in [2.45, 2.75) is 39.3 Å². The van der Waals surface area contributed by atoms with E-state index < -0.39 is 0 Å². The highest BCUT2D eigenvalue weighted by Crippen LogP contribution is 2.38. The Morgan fingerprint density at radius 2 is 1.77 bits per heavy atom. The lowest BCUT2D eigenvalue weighted by atomic mass is 9.90. The molecule has 1 N–H and O–H groups in total. The summed E-state index contributed by atoms with van der Waals surface area (Å²) in [5, 5.41) is 3.62. The maximum absolute atomic E-state index is 11.4. The van der Waals surface area contributed by atoms with Crippen molar-refractivity contribution in [2.75, 3.05) is 10.2 Å². The average molecular weight is 294 g/mol. The molecule has 0 spiro atoms. The molecule has 0 aromatic heterocycles. The second-order valence-corrected chi connectivity index (χ2v) is 6.22. The molecule has 1 aliphatic rings. The third kappa shape index (κ3) is 2.71. The number of carbonyl (C=O) groups is 1. The van der Waals surface area contributed by atoms with Crippen LogP contribution in [0.15, 0.2) is 42.5 Å². The van der Waals surface area contributed by atoms with Crippen LogP contribution in [0.2, 0.25) is 0 Å². The zero-order valence-electron chi connectivity index (χ0n) is 13.3. The van der Waals surface area contributed by atoms with Gasteiger partial charge in [0.1, 0.15) is 0 Å². The van der Waals surface area contributed by atoms with E-state index in [1.165, 1.54) is 16.7 Å². The van der Waals surface area contributed by atoms with Crippen LogP contribution in [0.1, 0.15) is 36.1 Å². The van der Waals surface area contributed by atoms with E-state index in [1.807, 2.05) is 4.90 Å². The van der Waals surface area contributed by atoms with Crippen LogP contribution in [0.3, 0.4) is 0 Å². The van der Waals surface area contributed by atoms with Crippen molar-refractivity contribution >= 4 is 17.8 Å². The molecule has 114 valence electrons. The molecule has 2 atom stereocenters. The van der Waals surface area contributed by atoms with Crippen molar-refractivity contribution in [1.29, 1.82) is 0 Å². The van der Waals surface area contributed by atoms with Crippen LogP contribution in [0, 0.1) is 13.8 Å². The van der Waals surface area contributed by atoms with E-state index in [9.17, 15) is 4.79 Å². The lowest BCUT2D eigenvalue weighted by Crippen LogP contribution is -2.39. The van der Waals surface area contributed by atoms with E-state index in [-0.39, 0.29) is 12.1 Å². The van der Waals surface area contributed by atoms with Gasteiger partial charge in [0.25, 0.3) is 0 Å². The molecule has 1 aliphatic heterocycles. The topological polar surface area (TPSA) is 32.3 Å². The summed E-state index contributed by atoms with van der Waals surface area (Å²) in [7, 11) is 0. The van der Waals surface area contributed by atoms with Crippen molar-refractivity contribution in [3.05, 3.63) is 59.2 Å². The van der Waals surface area contributed by atoms with Crippen LogP contribution in [-0.4, -0.2) is 12.5 Å². The largest absolute Gasteiger partial charge is 0.378 e. The molecule has 0 unspecified atom stereocenters. The fourth-order valence-corrected chi connectivity index (χ4v) is 3.16. The van der Waals surface area contributed by atoms with Crippen molar-refractivity contribution in [2.24, 2.45) is 0 Å². The van der Waals surface area contributed by atoms with E-state index in [0.29, 0.717) is 0 Å². The van der Waals surface area contributed by atoms with Gasteiger partial charge >= 0.3 is 0 Å². The molecule has 3 nitrogen and oxygen atoms in total. The van der Waals surface area contributed by atoms with Crippen molar-refractivity contribution in [1.82, 2.24) is 0 Å². The lowest BCUT2D eigenvalue weighted by Gasteiger charge is -2.38. The Morgan fingerprint density at radius 1 is 1.09 bits per heavy atom. The van der Waals surface area contributed by atoms with E-state index in [2.05, 4.69) is 68.6 Å². The number of amides is 1. The first kappa shape index (κ1) is 14.6. The molecule has 0 aliphatic carbocycles. The fraction of sp³-hybridized carbons (Fsp3) is 0.316. The Bertz CT molecular complexity index is 678. The summed E-state index contributed by atoms with van der Waals surface area (Å²) < 4.78 is 0. The standard InChI is InChI=1S/C19H22N2O/c1-13-4-7-16(8-5-13)20-18-11-15(3)21(12-22)19-9-6-14(2)10-17(18)19/h4-10,12,15,18,20H,11H2,1-3H3/t15-,18+/m1/s1. The summed E-state index contributed by atoms with van der Waals surface area (Å²) in [6, 6.07) is 15.2. The number of hydrogen-bond acceptors (Lipinski definition) is 2. The number of fused-ring (bicyclic) bond motifs is 1. The van der Waals surface area contributed by atoms with Gasteiger partial charge in [-0.3, -0.25) is 4.79 Å². The molecule has 3 rings (SSSR count). The van der Waals surface area contributed by atoms with Crippen molar-refractivity contribution in [3.63, 3.8) is 0 Å². The van der Waals surface area contributed by atoms with Crippen LogP contribution in [0.5, 0.6) is 0 Å². The Morgan fingerprint density at radius 3 is 2.45 bits per heavy atom. The minimum absolute atomic E-state index is 0.190. The first-order chi connectivity index (χ1) is 10.6. The Kier molecular flexibility index (Phi) is 3.88. The summed E-state index contributed by atoms with van der Waals surface area (Å²) in [4.78, 5) is 13.3. The van der Waals surface area contributed by atoms with Crippen molar-refractivity contribution in [3.8, 4) is 0 Å². The van der Waals surface area contributed by atoms with Gasteiger partial charge in [0.15, 0.2) is 0 Å². The number of rotatable bonds is 3. The number of aryl methyl sites for hydroxylation is 2. The van der Waals surface area contributed by atoms with Crippen LogP contribution in [0.4, 0.5) is 11.4 Å². The summed E-state index contributed by atoms with van der Waals surface area (Å²) in [5.74, 6) is 0. The molecule has 1 amide bonds. The van der Waals surface area contributed by atoms with Gasteiger partial charge < -0.3 is 10.2 Å². The molecular formula is C19H22N2O. The highest BCUT2D eigenvalue weighted by atomic mass is 16.1. The van der Waals surface area contributed by atoms with Crippen LogP contribution >= 0.6 is 0 Å². The van der Waals surface area contributed by atoms with E-state index in [4.69, 9.17) is 0 Å². The summed E-state index contributed by atoms with van der Waals surface area (Å²) in [6.07, 6.45) is 1.85. The second-order valence-electron chi connectivity index (χ2n) is 6.22. The van der Waals surface area contributed by atoms with E-state index in [0.717, 1.165) is 24.2 Å². The second kappa shape index (κ2) is 5.84. The van der Waals surface area contributed by atoms with Crippen molar-refractivity contribution < 1.29 is 4.79 Å². The SMILES string of the molecule is Cc1ccc(N[C@H]2C[C@@H](C)N(C=O)c3ccc(C)cc32)cc1. The molecule has 0 saturated carbocycles. The molecule has 3 heteroatoms. The van der Waals surface area contributed by atoms with Gasteiger partial charge in [-0.2, -0.15) is 0 Å². The average Bonchev–Trinajstić information content (AvgIpc) is 2.50. The van der Waals surface area contributed by atoms with Gasteiger partial charge in [0, 0.05) is 17.4 Å². The predicted octanol–water partition coefficient (Wildman–Crippen LogP) is 4.21. The van der Waals surface area contributed by atoms with Gasteiger partial charge in [-0.05, 0) is 51.0 Å². The summed E-state index contributed by atoms with van der Waals surface area (Å²) in [6.45, 7) is 6.28. The van der Waals surface area contributed by atoms with Crippen LogP contribution in [-0.2, 0) is 4.79 Å². The van der Waals surface area contributed by atoms with Crippen LogP contribution in [0.25, 0.3) is 0 Å². The minimum atomic E-state index is 0.190. The third-order valence-corrected chi connectivity index (χ3v) is 4.39. The minimum Gasteiger partial charge on any atom is -0.378 e. The smallest absolute Gasteiger partial charge is 0.214 e. The summed E-state index contributed by atoms with van der Waals surface area (Å²) in [5.41, 5.74) is 5.81. The maximum Gasteiger partial charge on any atom is 0.214 e. The molecule has 0 fully saturated rings. The van der Waals surface area contributed by atoms with Gasteiger partial charge in [-0.1, -0.05) is 35.4 Å². The Labute approximate surface area is 132 Å². The normalized spacial score (nSPS) is 20.4. The lowest BCUT2D eigenvalue weighted by molar-refractivity contribution is -0.107. The zero-order valence-corrected chi connectivity index (χ0v) is 13.3. The van der Waals surface area contributed by atoms with Gasteiger partial charge in [0.05, 0.1) is 6.04 Å². The first-order valence-corrected chi connectivity index (χ1v) is 7.76. The number of benzene rings is 2. The Hall–Kier alpha value is -2.29.